The summed E-state index contributed by atoms with van der Waals surface area (Å²) in [5.74, 6) is -0.203. The molecule has 15 heavy (non-hydrogen) atoms. The Morgan fingerprint density at radius 2 is 2.13 bits per heavy atom. The normalized spacial score (nSPS) is 18.3. The number of thioether (sulfide) groups is 1. The van der Waals surface area contributed by atoms with Gasteiger partial charge in [-0.25, -0.2) is 4.39 Å². The van der Waals surface area contributed by atoms with Gasteiger partial charge in [0.05, 0.1) is 4.91 Å². The van der Waals surface area contributed by atoms with Crippen LogP contribution in [0.3, 0.4) is 0 Å². The molecule has 1 amide bonds. The van der Waals surface area contributed by atoms with Crippen LogP contribution in [0.4, 0.5) is 9.18 Å². The predicted molar refractivity (Wildman–Crippen MR) is 59.0 cm³/mol. The highest BCUT2D eigenvalue weighted by Crippen LogP contribution is 2.27. The van der Waals surface area contributed by atoms with Crippen LogP contribution in [0, 0.1) is 5.82 Å². The van der Waals surface area contributed by atoms with Crippen molar-refractivity contribution in [3.05, 3.63) is 40.6 Å². The van der Waals surface area contributed by atoms with E-state index < -0.39 is 0 Å². The van der Waals surface area contributed by atoms with E-state index in [9.17, 15) is 9.18 Å². The van der Waals surface area contributed by atoms with Crippen LogP contribution >= 0.6 is 11.8 Å². The first-order valence-corrected chi connectivity index (χ1v) is 5.01. The van der Waals surface area contributed by atoms with Crippen molar-refractivity contribution in [3.8, 4) is 0 Å². The molecule has 76 valence electrons. The fourth-order valence-corrected chi connectivity index (χ4v) is 1.83. The number of halogens is 1. The van der Waals surface area contributed by atoms with Crippen molar-refractivity contribution in [2.24, 2.45) is 10.7 Å². The average molecular weight is 222 g/mol. The minimum absolute atomic E-state index is 0.147. The Kier molecular flexibility index (Phi) is 2.55. The van der Waals surface area contributed by atoms with Crippen LogP contribution < -0.4 is 5.73 Å². The van der Waals surface area contributed by atoms with Crippen molar-refractivity contribution < 1.29 is 9.18 Å². The maximum absolute atomic E-state index is 13.2. The van der Waals surface area contributed by atoms with Crippen molar-refractivity contribution in [2.75, 3.05) is 0 Å². The van der Waals surface area contributed by atoms with Gasteiger partial charge in [0.1, 0.15) is 11.7 Å². The summed E-state index contributed by atoms with van der Waals surface area (Å²) in [5, 5.41) is -0.366. The highest BCUT2D eigenvalue weighted by Gasteiger charge is 2.18. The standard InChI is InChI=1S/C10H7FN2OS/c11-7-4-2-1-3-6(7)5-8-9(12)13-10(14)15-8/h1-5H,(H2,12,13,14)/b8-5-. The summed E-state index contributed by atoms with van der Waals surface area (Å²) in [5.41, 5.74) is 5.88. The molecular weight excluding hydrogens is 215 g/mol. The topological polar surface area (TPSA) is 55.4 Å². The van der Waals surface area contributed by atoms with E-state index >= 15 is 0 Å². The van der Waals surface area contributed by atoms with Gasteiger partial charge in [0.25, 0.3) is 0 Å². The average Bonchev–Trinajstić information content (AvgIpc) is 2.49. The van der Waals surface area contributed by atoms with E-state index in [0.29, 0.717) is 10.5 Å². The minimum Gasteiger partial charge on any atom is -0.383 e. The molecule has 1 aromatic rings. The van der Waals surface area contributed by atoms with Gasteiger partial charge in [-0.3, -0.25) is 4.79 Å². The monoisotopic (exact) mass is 222 g/mol. The Morgan fingerprint density at radius 3 is 2.73 bits per heavy atom. The van der Waals surface area contributed by atoms with Crippen LogP contribution in [0.5, 0.6) is 0 Å². The summed E-state index contributed by atoms with van der Waals surface area (Å²) in [6.45, 7) is 0. The molecule has 3 nitrogen and oxygen atoms in total. The molecule has 5 heteroatoms. The molecule has 0 aliphatic carbocycles. The quantitative estimate of drug-likeness (QED) is 0.793. The first-order chi connectivity index (χ1) is 7.16. The number of hydrogen-bond acceptors (Lipinski definition) is 3. The zero-order valence-corrected chi connectivity index (χ0v) is 8.42. The molecule has 1 aliphatic heterocycles. The molecular formula is C10H7FN2OS. The van der Waals surface area contributed by atoms with Gasteiger partial charge in [-0.1, -0.05) is 18.2 Å². The Morgan fingerprint density at radius 1 is 1.40 bits per heavy atom. The molecule has 0 aromatic heterocycles. The molecule has 0 fully saturated rings. The molecule has 0 saturated heterocycles. The number of carbonyl (C=O) groups excluding carboxylic acids is 1. The fraction of sp³-hybridized carbons (Fsp3) is 0. The lowest BCUT2D eigenvalue weighted by atomic mass is 10.2. The van der Waals surface area contributed by atoms with Crippen LogP contribution in [0.1, 0.15) is 5.56 Å². The Bertz CT molecular complexity index is 482. The first kappa shape index (κ1) is 9.92. The summed E-state index contributed by atoms with van der Waals surface area (Å²) in [4.78, 5) is 14.9. The fourth-order valence-electron chi connectivity index (χ4n) is 1.16. The molecule has 0 spiro atoms. The SMILES string of the molecule is NC1=NC(=O)S/C1=C\c1ccccc1F. The number of nitrogens with two attached hydrogens (primary N) is 1. The van der Waals surface area contributed by atoms with Gasteiger partial charge in [-0.2, -0.15) is 4.99 Å². The molecule has 2 N–H and O–H groups in total. The van der Waals surface area contributed by atoms with E-state index in [1.165, 1.54) is 12.1 Å². The third-order valence-corrected chi connectivity index (χ3v) is 2.67. The van der Waals surface area contributed by atoms with Crippen molar-refractivity contribution >= 4 is 28.9 Å². The number of carbonyl (C=O) groups is 1. The number of amides is 1. The summed E-state index contributed by atoms with van der Waals surface area (Å²) in [6.07, 6.45) is 1.52. The van der Waals surface area contributed by atoms with E-state index in [4.69, 9.17) is 5.73 Å². The third-order valence-electron chi connectivity index (χ3n) is 1.85. The number of amidine groups is 1. The van der Waals surface area contributed by atoms with Crippen LogP contribution in [0.25, 0.3) is 6.08 Å². The van der Waals surface area contributed by atoms with Gasteiger partial charge in [-0.05, 0) is 23.9 Å². The largest absolute Gasteiger partial charge is 0.383 e. The maximum Gasteiger partial charge on any atom is 0.311 e. The number of hydrogen-bond donors (Lipinski definition) is 1. The Labute approximate surface area is 89.9 Å². The van der Waals surface area contributed by atoms with Gasteiger partial charge >= 0.3 is 5.24 Å². The zero-order valence-electron chi connectivity index (χ0n) is 7.61. The lowest BCUT2D eigenvalue weighted by molar-refractivity contribution is 0.268. The van der Waals surface area contributed by atoms with Crippen LogP contribution in [-0.2, 0) is 0 Å². The van der Waals surface area contributed by atoms with Crippen LogP contribution in [0.15, 0.2) is 34.2 Å². The molecule has 0 bridgehead atoms. The minimum atomic E-state index is -0.366. The van der Waals surface area contributed by atoms with Gasteiger partial charge in [-0.15, -0.1) is 0 Å². The molecule has 1 aliphatic rings. The van der Waals surface area contributed by atoms with Gasteiger partial charge < -0.3 is 5.73 Å². The lowest BCUT2D eigenvalue weighted by Gasteiger charge is -1.98. The van der Waals surface area contributed by atoms with E-state index in [0.717, 1.165) is 11.8 Å². The van der Waals surface area contributed by atoms with Crippen molar-refractivity contribution in [3.63, 3.8) is 0 Å². The van der Waals surface area contributed by atoms with E-state index in [-0.39, 0.29) is 16.9 Å². The first-order valence-electron chi connectivity index (χ1n) is 4.19. The number of aliphatic imine (C=N–C) groups is 1. The summed E-state index contributed by atoms with van der Waals surface area (Å²) < 4.78 is 13.2. The van der Waals surface area contributed by atoms with Crippen molar-refractivity contribution in [2.45, 2.75) is 0 Å². The number of rotatable bonds is 1. The second kappa shape index (κ2) is 3.86. The van der Waals surface area contributed by atoms with Crippen molar-refractivity contribution in [1.29, 1.82) is 0 Å². The molecule has 0 unspecified atom stereocenters. The highest BCUT2D eigenvalue weighted by atomic mass is 32.2. The summed E-state index contributed by atoms with van der Waals surface area (Å²) >= 11 is 0.904. The van der Waals surface area contributed by atoms with E-state index in [1.807, 2.05) is 0 Å². The number of nitrogens with zero attached hydrogens (tertiary/aromatic N) is 1. The van der Waals surface area contributed by atoms with Crippen LogP contribution in [-0.4, -0.2) is 11.1 Å². The summed E-state index contributed by atoms with van der Waals surface area (Å²) in [6, 6.07) is 6.27. The highest BCUT2D eigenvalue weighted by molar-refractivity contribution is 8.18. The zero-order chi connectivity index (χ0) is 10.8. The smallest absolute Gasteiger partial charge is 0.311 e. The molecule has 1 heterocycles. The lowest BCUT2D eigenvalue weighted by Crippen LogP contribution is -2.08. The second-order valence-electron chi connectivity index (χ2n) is 2.90. The van der Waals surface area contributed by atoms with Crippen molar-refractivity contribution in [1.82, 2.24) is 0 Å². The van der Waals surface area contributed by atoms with E-state index in [2.05, 4.69) is 4.99 Å². The Hall–Kier alpha value is -1.62. The Balaban J connectivity index is 2.37. The predicted octanol–water partition coefficient (Wildman–Crippen LogP) is 2.39. The molecule has 2 rings (SSSR count). The molecule has 0 atom stereocenters. The van der Waals surface area contributed by atoms with E-state index in [1.54, 1.807) is 18.2 Å². The van der Waals surface area contributed by atoms with Gasteiger partial charge in [0, 0.05) is 5.56 Å². The van der Waals surface area contributed by atoms with Gasteiger partial charge in [0.15, 0.2) is 0 Å². The molecule has 1 aromatic carbocycles. The second-order valence-corrected chi connectivity index (χ2v) is 3.89. The van der Waals surface area contributed by atoms with Gasteiger partial charge in [0.2, 0.25) is 0 Å². The van der Waals surface area contributed by atoms with Crippen LogP contribution in [0.2, 0.25) is 0 Å². The third kappa shape index (κ3) is 2.07. The maximum atomic E-state index is 13.2. The summed E-state index contributed by atoms with van der Waals surface area (Å²) in [7, 11) is 0. The molecule has 0 radical (unpaired) electrons. The molecule has 0 saturated carbocycles. The number of benzene rings is 1.